The predicted octanol–water partition coefficient (Wildman–Crippen LogP) is 4.14. The second-order valence-corrected chi connectivity index (χ2v) is 7.22. The van der Waals surface area contributed by atoms with E-state index in [1.54, 1.807) is 0 Å². The summed E-state index contributed by atoms with van der Waals surface area (Å²) >= 11 is 0. The van der Waals surface area contributed by atoms with Crippen LogP contribution in [0.4, 0.5) is 13.2 Å². The first-order valence-corrected chi connectivity index (χ1v) is 9.71. The quantitative estimate of drug-likeness (QED) is 0.716. The number of likely N-dealkylation sites (tertiary alicyclic amines) is 1. The number of hydrogen-bond acceptors (Lipinski definition) is 3. The lowest BCUT2D eigenvalue weighted by Crippen LogP contribution is -2.29. The number of benzene rings is 2. The van der Waals surface area contributed by atoms with Crippen molar-refractivity contribution >= 4 is 5.91 Å². The van der Waals surface area contributed by atoms with Gasteiger partial charge in [0.15, 0.2) is 0 Å². The Labute approximate surface area is 168 Å². The predicted molar refractivity (Wildman–Crippen MR) is 105 cm³/mol. The highest BCUT2D eigenvalue weighted by molar-refractivity contribution is 5.77. The van der Waals surface area contributed by atoms with Gasteiger partial charge in [-0.1, -0.05) is 48.5 Å². The molecule has 3 rings (SSSR count). The van der Waals surface area contributed by atoms with E-state index < -0.39 is 25.3 Å². The van der Waals surface area contributed by atoms with Crippen LogP contribution in [-0.2, 0) is 22.6 Å². The molecule has 1 saturated heterocycles. The number of nitrogens with one attached hydrogen (secondary N) is 1. The molecule has 1 amide bonds. The first-order valence-electron chi connectivity index (χ1n) is 9.71. The Bertz CT molecular complexity index is 800. The summed E-state index contributed by atoms with van der Waals surface area (Å²) in [6.07, 6.45) is -1.91. The van der Waals surface area contributed by atoms with Crippen LogP contribution in [0.15, 0.2) is 48.5 Å². The highest BCUT2D eigenvalue weighted by Crippen LogP contribution is 2.25. The number of halogens is 3. The van der Waals surface area contributed by atoms with E-state index in [-0.39, 0.29) is 6.54 Å². The number of nitrogens with zero attached hydrogens (tertiary/aromatic N) is 1. The van der Waals surface area contributed by atoms with Gasteiger partial charge < -0.3 is 10.1 Å². The summed E-state index contributed by atoms with van der Waals surface area (Å²) in [7, 11) is 0. The molecule has 0 atom stereocenters. The zero-order chi connectivity index (χ0) is 20.7. The van der Waals surface area contributed by atoms with Gasteiger partial charge in [-0.2, -0.15) is 13.2 Å². The summed E-state index contributed by atoms with van der Waals surface area (Å²) in [5.41, 5.74) is 4.18. The fourth-order valence-electron chi connectivity index (χ4n) is 3.45. The van der Waals surface area contributed by atoms with Gasteiger partial charge >= 0.3 is 6.18 Å². The van der Waals surface area contributed by atoms with Crippen LogP contribution in [0.3, 0.4) is 0 Å². The van der Waals surface area contributed by atoms with Crippen LogP contribution in [0.1, 0.15) is 24.0 Å². The molecule has 7 heteroatoms. The van der Waals surface area contributed by atoms with Crippen molar-refractivity contribution in [1.82, 2.24) is 10.2 Å². The topological polar surface area (TPSA) is 41.6 Å². The molecule has 0 aromatic heterocycles. The average molecular weight is 406 g/mol. The Balaban J connectivity index is 1.57. The number of amides is 1. The molecule has 0 radical (unpaired) electrons. The molecule has 1 aliphatic heterocycles. The minimum absolute atomic E-state index is 0.222. The van der Waals surface area contributed by atoms with E-state index in [2.05, 4.69) is 39.2 Å². The third-order valence-corrected chi connectivity index (χ3v) is 4.86. The lowest BCUT2D eigenvalue weighted by molar-refractivity contribution is -0.175. The molecule has 0 spiro atoms. The summed E-state index contributed by atoms with van der Waals surface area (Å²) in [4.78, 5) is 14.2. The van der Waals surface area contributed by atoms with Crippen molar-refractivity contribution in [1.29, 1.82) is 0 Å². The third kappa shape index (κ3) is 6.87. The number of alkyl halides is 3. The smallest absolute Gasteiger partial charge is 0.362 e. The Morgan fingerprint density at radius 3 is 2.41 bits per heavy atom. The van der Waals surface area contributed by atoms with Crippen LogP contribution in [0.2, 0.25) is 0 Å². The standard InChI is InChI=1S/C22H25F3N2O2/c23-22(24,25)16-29-15-21(28)26-13-19-5-1-2-6-20(19)18-9-7-17(8-10-18)14-27-11-3-4-12-27/h1-2,5-10H,3-4,11-16H2,(H,26,28). The van der Waals surface area contributed by atoms with E-state index in [1.165, 1.54) is 18.4 Å². The minimum atomic E-state index is -4.44. The maximum absolute atomic E-state index is 12.1. The second-order valence-electron chi connectivity index (χ2n) is 7.22. The van der Waals surface area contributed by atoms with E-state index in [0.717, 1.165) is 36.3 Å². The Morgan fingerprint density at radius 2 is 1.72 bits per heavy atom. The molecule has 1 heterocycles. The van der Waals surface area contributed by atoms with E-state index >= 15 is 0 Å². The first-order chi connectivity index (χ1) is 13.9. The number of hydrogen-bond donors (Lipinski definition) is 1. The van der Waals surface area contributed by atoms with Crippen molar-refractivity contribution < 1.29 is 22.7 Å². The number of carbonyl (C=O) groups excluding carboxylic acids is 1. The molecule has 0 saturated carbocycles. The van der Waals surface area contributed by atoms with Crippen LogP contribution in [0, 0.1) is 0 Å². The fraction of sp³-hybridized carbons (Fsp3) is 0.409. The Morgan fingerprint density at radius 1 is 1.03 bits per heavy atom. The zero-order valence-corrected chi connectivity index (χ0v) is 16.2. The van der Waals surface area contributed by atoms with Gasteiger partial charge in [-0.15, -0.1) is 0 Å². The largest absolute Gasteiger partial charge is 0.411 e. The Kier molecular flexibility index (Phi) is 7.28. The van der Waals surface area contributed by atoms with Crippen molar-refractivity contribution in [3.8, 4) is 11.1 Å². The average Bonchev–Trinajstić information content (AvgIpc) is 3.19. The van der Waals surface area contributed by atoms with E-state index in [1.807, 2.05) is 24.3 Å². The van der Waals surface area contributed by atoms with E-state index in [4.69, 9.17) is 0 Å². The molecule has 156 valence electrons. The third-order valence-electron chi connectivity index (χ3n) is 4.86. The SMILES string of the molecule is O=C(COCC(F)(F)F)NCc1ccccc1-c1ccc(CN2CCCC2)cc1. The second kappa shape index (κ2) is 9.89. The van der Waals surface area contributed by atoms with Crippen LogP contribution in [0.25, 0.3) is 11.1 Å². The summed E-state index contributed by atoms with van der Waals surface area (Å²) in [6, 6.07) is 16.0. The van der Waals surface area contributed by atoms with Crippen molar-refractivity contribution in [3.05, 3.63) is 59.7 Å². The molecule has 29 heavy (non-hydrogen) atoms. The molecule has 4 nitrogen and oxygen atoms in total. The van der Waals surface area contributed by atoms with Crippen molar-refractivity contribution in [2.45, 2.75) is 32.1 Å². The first kappa shape index (κ1) is 21.3. The van der Waals surface area contributed by atoms with Crippen LogP contribution in [-0.4, -0.2) is 43.3 Å². The molecule has 0 aliphatic carbocycles. The molecule has 1 aliphatic rings. The normalized spacial score (nSPS) is 14.9. The van der Waals surface area contributed by atoms with E-state index in [9.17, 15) is 18.0 Å². The summed E-state index contributed by atoms with van der Waals surface area (Å²) in [5, 5.41) is 2.62. The van der Waals surface area contributed by atoms with Crippen LogP contribution < -0.4 is 5.32 Å². The zero-order valence-electron chi connectivity index (χ0n) is 16.2. The van der Waals surface area contributed by atoms with Gasteiger partial charge in [0.2, 0.25) is 5.91 Å². The molecule has 2 aromatic carbocycles. The molecule has 0 bridgehead atoms. The van der Waals surface area contributed by atoms with E-state index in [0.29, 0.717) is 0 Å². The lowest BCUT2D eigenvalue weighted by Gasteiger charge is -2.15. The van der Waals surface area contributed by atoms with Crippen molar-refractivity contribution in [3.63, 3.8) is 0 Å². The van der Waals surface area contributed by atoms with Gasteiger partial charge in [0.25, 0.3) is 0 Å². The van der Waals surface area contributed by atoms with Gasteiger partial charge in [-0.25, -0.2) is 0 Å². The van der Waals surface area contributed by atoms with Crippen molar-refractivity contribution in [2.75, 3.05) is 26.3 Å². The van der Waals surface area contributed by atoms with Gasteiger partial charge in [0, 0.05) is 13.1 Å². The van der Waals surface area contributed by atoms with Crippen molar-refractivity contribution in [2.24, 2.45) is 0 Å². The number of rotatable bonds is 8. The molecule has 2 aromatic rings. The lowest BCUT2D eigenvalue weighted by atomic mass is 9.98. The molecular formula is C22H25F3N2O2. The van der Waals surface area contributed by atoms with Crippen LogP contribution in [0.5, 0.6) is 0 Å². The fourth-order valence-corrected chi connectivity index (χ4v) is 3.45. The highest BCUT2D eigenvalue weighted by Gasteiger charge is 2.27. The molecule has 1 fully saturated rings. The Hall–Kier alpha value is -2.38. The van der Waals surface area contributed by atoms with Gasteiger partial charge in [0.05, 0.1) is 0 Å². The summed E-state index contributed by atoms with van der Waals surface area (Å²) < 4.78 is 40.6. The number of carbonyl (C=O) groups is 1. The maximum Gasteiger partial charge on any atom is 0.411 e. The molecular weight excluding hydrogens is 381 g/mol. The monoisotopic (exact) mass is 406 g/mol. The highest BCUT2D eigenvalue weighted by atomic mass is 19.4. The summed E-state index contributed by atoms with van der Waals surface area (Å²) in [5.74, 6) is -0.579. The maximum atomic E-state index is 12.1. The summed E-state index contributed by atoms with van der Waals surface area (Å²) in [6.45, 7) is 1.43. The minimum Gasteiger partial charge on any atom is -0.362 e. The van der Waals surface area contributed by atoms with Gasteiger partial charge in [0.1, 0.15) is 13.2 Å². The van der Waals surface area contributed by atoms with Gasteiger partial charge in [-0.3, -0.25) is 9.69 Å². The molecule has 0 unspecified atom stereocenters. The molecule has 1 N–H and O–H groups in total. The number of ether oxygens (including phenoxy) is 1. The van der Waals surface area contributed by atoms with Gasteiger partial charge in [-0.05, 0) is 48.2 Å². The van der Waals surface area contributed by atoms with Crippen LogP contribution >= 0.6 is 0 Å².